The third kappa shape index (κ3) is 3.24. The number of anilines is 1. The van der Waals surface area contributed by atoms with Crippen LogP contribution < -0.4 is 5.32 Å². The second-order valence-electron chi connectivity index (χ2n) is 4.32. The molecule has 2 N–H and O–H groups in total. The van der Waals surface area contributed by atoms with Gasteiger partial charge in [0.25, 0.3) is 5.91 Å². The lowest BCUT2D eigenvalue weighted by Crippen LogP contribution is -2.13. The molecule has 1 unspecified atom stereocenters. The lowest BCUT2D eigenvalue weighted by Gasteiger charge is -2.12. The molecule has 1 amide bonds. The quantitative estimate of drug-likeness (QED) is 0.814. The summed E-state index contributed by atoms with van der Waals surface area (Å²) in [4.78, 5) is 12.2. The Hall–Kier alpha value is -1.71. The monoisotopic (exact) mass is 309 g/mol. The van der Waals surface area contributed by atoms with Gasteiger partial charge in [-0.2, -0.15) is 0 Å². The fourth-order valence-corrected chi connectivity index (χ4v) is 2.17. The fraction of sp³-hybridized carbons (Fsp3) is 0.133. The number of carbonyl (C=O) groups excluding carboxylic acids is 1. The van der Waals surface area contributed by atoms with Crippen LogP contribution in [0.4, 0.5) is 5.69 Å². The van der Waals surface area contributed by atoms with Crippen molar-refractivity contribution < 1.29 is 9.90 Å². The molecule has 2 aromatic carbocycles. The second kappa shape index (κ2) is 6.16. The van der Waals surface area contributed by atoms with Crippen molar-refractivity contribution in [2.24, 2.45) is 0 Å². The lowest BCUT2D eigenvalue weighted by molar-refractivity contribution is 0.102. The van der Waals surface area contributed by atoms with Gasteiger partial charge in [-0.1, -0.05) is 29.8 Å². The summed E-state index contributed by atoms with van der Waals surface area (Å²) in [6.07, 6.45) is 0. The summed E-state index contributed by atoms with van der Waals surface area (Å²) in [5, 5.41) is 12.1. The molecule has 0 aliphatic heterocycles. The van der Waals surface area contributed by atoms with E-state index in [1.54, 1.807) is 6.07 Å². The molecule has 0 bridgehead atoms. The maximum atomic E-state index is 12.2. The number of hydrogen-bond donors (Lipinski definition) is 2. The molecule has 0 aliphatic carbocycles. The molecule has 0 aliphatic rings. The zero-order valence-electron chi connectivity index (χ0n) is 10.7. The number of alkyl halides is 1. The van der Waals surface area contributed by atoms with Gasteiger partial charge in [-0.05, 0) is 36.8 Å². The van der Waals surface area contributed by atoms with Crippen molar-refractivity contribution in [1.82, 2.24) is 0 Å². The summed E-state index contributed by atoms with van der Waals surface area (Å²) in [6.45, 7) is 1.84. The van der Waals surface area contributed by atoms with E-state index in [0.29, 0.717) is 11.3 Å². The van der Waals surface area contributed by atoms with Gasteiger partial charge < -0.3 is 10.4 Å². The molecule has 0 heterocycles. The topological polar surface area (TPSA) is 49.3 Å². The average molecular weight is 310 g/mol. The van der Waals surface area contributed by atoms with Gasteiger partial charge in [-0.15, -0.1) is 11.6 Å². The van der Waals surface area contributed by atoms with Crippen LogP contribution in [-0.2, 0) is 0 Å². The summed E-state index contributed by atoms with van der Waals surface area (Å²) >= 11 is 11.9. The number of para-hydroxylation sites is 1. The molecule has 0 aromatic heterocycles. The fourth-order valence-electron chi connectivity index (χ4n) is 1.80. The van der Waals surface area contributed by atoms with Crippen LogP contribution >= 0.6 is 23.2 Å². The first-order valence-corrected chi connectivity index (χ1v) is 6.83. The highest BCUT2D eigenvalue weighted by atomic mass is 35.5. The largest absolute Gasteiger partial charge is 0.506 e. The highest BCUT2D eigenvalue weighted by Crippen LogP contribution is 2.28. The number of benzene rings is 2. The van der Waals surface area contributed by atoms with E-state index in [1.807, 2.05) is 25.1 Å². The number of aromatic hydroxyl groups is 1. The standard InChI is InChI=1S/C15H13Cl2NO2/c1-9(16)11-4-2-3-5-13(11)18-15(20)10-6-7-14(19)12(17)8-10/h2-9,19H,1H3,(H,18,20). The van der Waals surface area contributed by atoms with E-state index in [2.05, 4.69) is 5.32 Å². The van der Waals surface area contributed by atoms with E-state index in [-0.39, 0.29) is 22.1 Å². The van der Waals surface area contributed by atoms with Crippen LogP contribution in [0.5, 0.6) is 5.75 Å². The van der Waals surface area contributed by atoms with Crippen LogP contribution in [0.1, 0.15) is 28.2 Å². The smallest absolute Gasteiger partial charge is 0.255 e. The molecule has 0 fully saturated rings. The Bertz CT molecular complexity index is 642. The average Bonchev–Trinajstić information content (AvgIpc) is 2.42. The lowest BCUT2D eigenvalue weighted by atomic mass is 10.1. The SMILES string of the molecule is CC(Cl)c1ccccc1NC(=O)c1ccc(O)c(Cl)c1. The molecule has 0 radical (unpaired) electrons. The Balaban J connectivity index is 2.26. The van der Waals surface area contributed by atoms with Crippen LogP contribution in [0, 0.1) is 0 Å². The predicted molar refractivity (Wildman–Crippen MR) is 81.8 cm³/mol. The third-order valence-corrected chi connectivity index (χ3v) is 3.39. The van der Waals surface area contributed by atoms with Crippen molar-refractivity contribution in [1.29, 1.82) is 0 Å². The first-order valence-electron chi connectivity index (χ1n) is 6.02. The van der Waals surface area contributed by atoms with Crippen LogP contribution in [0.2, 0.25) is 5.02 Å². The minimum atomic E-state index is -0.309. The summed E-state index contributed by atoms with van der Waals surface area (Å²) in [5.41, 5.74) is 1.86. The molecular formula is C15H13Cl2NO2. The minimum Gasteiger partial charge on any atom is -0.506 e. The van der Waals surface area contributed by atoms with Crippen molar-refractivity contribution in [3.8, 4) is 5.75 Å². The number of carbonyl (C=O) groups is 1. The number of halogens is 2. The minimum absolute atomic E-state index is 0.0574. The van der Waals surface area contributed by atoms with E-state index in [0.717, 1.165) is 5.56 Å². The zero-order chi connectivity index (χ0) is 14.7. The molecule has 104 valence electrons. The van der Waals surface area contributed by atoms with E-state index < -0.39 is 0 Å². The van der Waals surface area contributed by atoms with E-state index in [4.69, 9.17) is 23.2 Å². The third-order valence-electron chi connectivity index (χ3n) is 2.85. The van der Waals surface area contributed by atoms with Crippen molar-refractivity contribution in [3.05, 3.63) is 58.6 Å². The molecule has 20 heavy (non-hydrogen) atoms. The summed E-state index contributed by atoms with van der Waals surface area (Å²) in [7, 11) is 0. The number of hydrogen-bond acceptors (Lipinski definition) is 2. The van der Waals surface area contributed by atoms with Gasteiger partial charge in [-0.25, -0.2) is 0 Å². The number of phenols is 1. The van der Waals surface area contributed by atoms with Gasteiger partial charge >= 0.3 is 0 Å². The number of rotatable bonds is 3. The Morgan fingerprint density at radius 1 is 1.25 bits per heavy atom. The maximum Gasteiger partial charge on any atom is 0.255 e. The number of amides is 1. The summed E-state index contributed by atoms with van der Waals surface area (Å²) < 4.78 is 0. The number of nitrogens with one attached hydrogen (secondary N) is 1. The molecule has 0 saturated carbocycles. The molecule has 2 rings (SSSR count). The Morgan fingerprint density at radius 3 is 2.60 bits per heavy atom. The number of phenolic OH excluding ortho intramolecular Hbond substituents is 1. The molecule has 2 aromatic rings. The molecular weight excluding hydrogens is 297 g/mol. The van der Waals surface area contributed by atoms with Crippen LogP contribution in [0.25, 0.3) is 0 Å². The molecule has 3 nitrogen and oxygen atoms in total. The molecule has 0 saturated heterocycles. The van der Waals surface area contributed by atoms with Gasteiger partial charge in [0.15, 0.2) is 0 Å². The van der Waals surface area contributed by atoms with E-state index in [1.165, 1.54) is 18.2 Å². The summed E-state index contributed by atoms with van der Waals surface area (Å²) in [5.74, 6) is -0.366. The Kier molecular flexibility index (Phi) is 4.53. The highest BCUT2D eigenvalue weighted by molar-refractivity contribution is 6.32. The normalized spacial score (nSPS) is 11.9. The van der Waals surface area contributed by atoms with Crippen molar-refractivity contribution in [2.75, 3.05) is 5.32 Å². The zero-order valence-corrected chi connectivity index (χ0v) is 12.2. The van der Waals surface area contributed by atoms with Crippen molar-refractivity contribution in [3.63, 3.8) is 0 Å². The van der Waals surface area contributed by atoms with Crippen LogP contribution in [0.3, 0.4) is 0 Å². The Morgan fingerprint density at radius 2 is 1.95 bits per heavy atom. The highest BCUT2D eigenvalue weighted by Gasteiger charge is 2.12. The summed E-state index contributed by atoms with van der Waals surface area (Å²) in [6, 6.07) is 11.6. The first-order chi connectivity index (χ1) is 9.49. The van der Waals surface area contributed by atoms with Crippen molar-refractivity contribution in [2.45, 2.75) is 12.3 Å². The maximum absolute atomic E-state index is 12.2. The van der Waals surface area contributed by atoms with Gasteiger partial charge in [0.1, 0.15) is 5.75 Å². The van der Waals surface area contributed by atoms with Gasteiger partial charge in [0, 0.05) is 11.3 Å². The molecule has 1 atom stereocenters. The van der Waals surface area contributed by atoms with Gasteiger partial charge in [0.2, 0.25) is 0 Å². The predicted octanol–water partition coefficient (Wildman–Crippen LogP) is 4.60. The first kappa shape index (κ1) is 14.7. The van der Waals surface area contributed by atoms with Crippen molar-refractivity contribution >= 4 is 34.8 Å². The van der Waals surface area contributed by atoms with E-state index in [9.17, 15) is 9.90 Å². The van der Waals surface area contributed by atoms with Gasteiger partial charge in [-0.3, -0.25) is 4.79 Å². The van der Waals surface area contributed by atoms with Crippen LogP contribution in [0.15, 0.2) is 42.5 Å². The molecule has 0 spiro atoms. The van der Waals surface area contributed by atoms with Gasteiger partial charge in [0.05, 0.1) is 10.4 Å². The Labute approximate surface area is 127 Å². The second-order valence-corrected chi connectivity index (χ2v) is 5.39. The molecule has 5 heteroatoms. The van der Waals surface area contributed by atoms with E-state index >= 15 is 0 Å². The van der Waals surface area contributed by atoms with Crippen LogP contribution in [-0.4, -0.2) is 11.0 Å².